The standard InChI is InChI=1S/C13H24N4O3/c1-9(2)8-16-5-6-17(10(3)12(16)19)11(18)7-15-13(20)14-4/h9-10H,5-8H2,1-4H3,(H2,14,15,20). The molecule has 1 atom stereocenters. The summed E-state index contributed by atoms with van der Waals surface area (Å²) in [5.41, 5.74) is 0. The van der Waals surface area contributed by atoms with Gasteiger partial charge in [-0.1, -0.05) is 13.8 Å². The summed E-state index contributed by atoms with van der Waals surface area (Å²) >= 11 is 0. The predicted molar refractivity (Wildman–Crippen MR) is 75.1 cm³/mol. The second-order valence-corrected chi connectivity index (χ2v) is 5.37. The average molecular weight is 284 g/mol. The molecule has 4 amide bonds. The van der Waals surface area contributed by atoms with Gasteiger partial charge in [-0.2, -0.15) is 0 Å². The number of amides is 4. The van der Waals surface area contributed by atoms with E-state index in [0.717, 1.165) is 0 Å². The molecule has 0 saturated carbocycles. The van der Waals surface area contributed by atoms with Crippen LogP contribution in [0.2, 0.25) is 0 Å². The van der Waals surface area contributed by atoms with E-state index in [4.69, 9.17) is 0 Å². The van der Waals surface area contributed by atoms with Crippen LogP contribution in [-0.2, 0) is 9.59 Å². The average Bonchev–Trinajstić information content (AvgIpc) is 2.40. The normalized spacial score (nSPS) is 19.2. The third-order valence-corrected chi connectivity index (χ3v) is 3.28. The number of urea groups is 1. The van der Waals surface area contributed by atoms with Crippen LogP contribution in [0.15, 0.2) is 0 Å². The Labute approximate surface area is 119 Å². The van der Waals surface area contributed by atoms with Gasteiger partial charge in [0.2, 0.25) is 11.8 Å². The first-order valence-corrected chi connectivity index (χ1v) is 6.90. The van der Waals surface area contributed by atoms with Gasteiger partial charge in [0, 0.05) is 26.7 Å². The van der Waals surface area contributed by atoms with Crippen molar-refractivity contribution in [2.45, 2.75) is 26.8 Å². The Balaban J connectivity index is 2.55. The zero-order chi connectivity index (χ0) is 15.3. The molecule has 1 unspecified atom stereocenters. The van der Waals surface area contributed by atoms with E-state index in [1.807, 2.05) is 0 Å². The monoisotopic (exact) mass is 284 g/mol. The number of carbonyl (C=O) groups is 3. The number of hydrogen-bond acceptors (Lipinski definition) is 3. The SMILES string of the molecule is CNC(=O)NCC(=O)N1CCN(CC(C)C)C(=O)C1C. The highest BCUT2D eigenvalue weighted by Crippen LogP contribution is 2.13. The van der Waals surface area contributed by atoms with E-state index in [-0.39, 0.29) is 18.4 Å². The Hall–Kier alpha value is -1.79. The van der Waals surface area contributed by atoms with Gasteiger partial charge in [-0.15, -0.1) is 0 Å². The third-order valence-electron chi connectivity index (χ3n) is 3.28. The summed E-state index contributed by atoms with van der Waals surface area (Å²) in [7, 11) is 1.48. The van der Waals surface area contributed by atoms with Crippen LogP contribution in [0, 0.1) is 5.92 Å². The Morgan fingerprint density at radius 1 is 1.35 bits per heavy atom. The molecule has 0 aromatic rings. The van der Waals surface area contributed by atoms with Crippen molar-refractivity contribution in [3.8, 4) is 0 Å². The van der Waals surface area contributed by atoms with E-state index in [9.17, 15) is 14.4 Å². The quantitative estimate of drug-likeness (QED) is 0.739. The van der Waals surface area contributed by atoms with Gasteiger partial charge in [-0.05, 0) is 12.8 Å². The van der Waals surface area contributed by atoms with Crippen LogP contribution in [0.5, 0.6) is 0 Å². The molecule has 0 aliphatic carbocycles. The minimum absolute atomic E-state index is 0.0294. The summed E-state index contributed by atoms with van der Waals surface area (Å²) < 4.78 is 0. The van der Waals surface area contributed by atoms with Gasteiger partial charge in [0.15, 0.2) is 0 Å². The van der Waals surface area contributed by atoms with Gasteiger partial charge in [0.1, 0.15) is 6.04 Å². The topological polar surface area (TPSA) is 81.8 Å². The van der Waals surface area contributed by atoms with Gasteiger partial charge in [-0.25, -0.2) is 4.79 Å². The highest BCUT2D eigenvalue weighted by Gasteiger charge is 2.34. The van der Waals surface area contributed by atoms with E-state index < -0.39 is 12.1 Å². The Morgan fingerprint density at radius 3 is 2.55 bits per heavy atom. The summed E-state index contributed by atoms with van der Waals surface area (Å²) in [6, 6.07) is -0.878. The first-order chi connectivity index (χ1) is 9.36. The zero-order valence-electron chi connectivity index (χ0n) is 12.6. The molecule has 20 heavy (non-hydrogen) atoms. The Kier molecular flexibility index (Phi) is 5.79. The van der Waals surface area contributed by atoms with E-state index in [2.05, 4.69) is 24.5 Å². The lowest BCUT2D eigenvalue weighted by Gasteiger charge is -2.39. The molecule has 1 rings (SSSR count). The van der Waals surface area contributed by atoms with Crippen LogP contribution in [0.4, 0.5) is 4.79 Å². The Morgan fingerprint density at radius 2 is 2.00 bits per heavy atom. The minimum Gasteiger partial charge on any atom is -0.341 e. The number of rotatable bonds is 4. The fourth-order valence-corrected chi connectivity index (χ4v) is 2.24. The van der Waals surface area contributed by atoms with Gasteiger partial charge < -0.3 is 20.4 Å². The van der Waals surface area contributed by atoms with Gasteiger partial charge in [-0.3, -0.25) is 9.59 Å². The highest BCUT2D eigenvalue weighted by atomic mass is 16.2. The second-order valence-electron chi connectivity index (χ2n) is 5.37. The van der Waals surface area contributed by atoms with Gasteiger partial charge >= 0.3 is 6.03 Å². The molecular formula is C13H24N4O3. The fourth-order valence-electron chi connectivity index (χ4n) is 2.24. The first-order valence-electron chi connectivity index (χ1n) is 6.90. The summed E-state index contributed by atoms with van der Waals surface area (Å²) in [5, 5.41) is 4.82. The summed E-state index contributed by atoms with van der Waals surface area (Å²) in [5.74, 6) is 0.139. The highest BCUT2D eigenvalue weighted by molar-refractivity contribution is 5.90. The predicted octanol–water partition coefficient (Wildman–Crippen LogP) is -0.369. The van der Waals surface area contributed by atoms with Crippen LogP contribution in [-0.4, -0.2) is 66.9 Å². The van der Waals surface area contributed by atoms with Crippen LogP contribution >= 0.6 is 0 Å². The maximum atomic E-state index is 12.2. The second kappa shape index (κ2) is 7.12. The van der Waals surface area contributed by atoms with Crippen LogP contribution < -0.4 is 10.6 Å². The van der Waals surface area contributed by atoms with Crippen molar-refractivity contribution in [3.05, 3.63) is 0 Å². The molecule has 7 nitrogen and oxygen atoms in total. The van der Waals surface area contributed by atoms with Crippen molar-refractivity contribution in [1.29, 1.82) is 0 Å². The summed E-state index contributed by atoms with van der Waals surface area (Å²) in [6.45, 7) is 7.52. The van der Waals surface area contributed by atoms with Gasteiger partial charge in [0.05, 0.1) is 6.54 Å². The van der Waals surface area contributed by atoms with Crippen LogP contribution in [0.3, 0.4) is 0 Å². The summed E-state index contributed by atoms with van der Waals surface area (Å²) in [4.78, 5) is 38.6. The van der Waals surface area contributed by atoms with E-state index in [0.29, 0.717) is 25.6 Å². The maximum Gasteiger partial charge on any atom is 0.314 e. The molecule has 114 valence electrons. The lowest BCUT2D eigenvalue weighted by molar-refractivity contribution is -0.150. The zero-order valence-corrected chi connectivity index (χ0v) is 12.6. The molecule has 1 fully saturated rings. The number of hydrogen-bond donors (Lipinski definition) is 2. The molecular weight excluding hydrogens is 260 g/mol. The van der Waals surface area contributed by atoms with E-state index >= 15 is 0 Å². The smallest absolute Gasteiger partial charge is 0.314 e. The van der Waals surface area contributed by atoms with Crippen LogP contribution in [0.25, 0.3) is 0 Å². The number of carbonyl (C=O) groups excluding carboxylic acids is 3. The molecule has 0 radical (unpaired) electrons. The lowest BCUT2D eigenvalue weighted by atomic mass is 10.1. The molecule has 0 aromatic heterocycles. The van der Waals surface area contributed by atoms with E-state index in [1.54, 1.807) is 11.8 Å². The molecule has 1 aliphatic rings. The summed E-state index contributed by atoms with van der Waals surface area (Å²) in [6.07, 6.45) is 0. The molecule has 0 spiro atoms. The third kappa shape index (κ3) is 4.11. The molecule has 7 heteroatoms. The van der Waals surface area contributed by atoms with Crippen LogP contribution in [0.1, 0.15) is 20.8 Å². The van der Waals surface area contributed by atoms with Crippen molar-refractivity contribution in [2.75, 3.05) is 33.2 Å². The van der Waals surface area contributed by atoms with Crippen molar-refractivity contribution in [1.82, 2.24) is 20.4 Å². The molecule has 1 aliphatic heterocycles. The number of nitrogens with zero attached hydrogens (tertiary/aromatic N) is 2. The van der Waals surface area contributed by atoms with Crippen molar-refractivity contribution >= 4 is 17.8 Å². The Bertz CT molecular complexity index is 384. The largest absolute Gasteiger partial charge is 0.341 e. The van der Waals surface area contributed by atoms with Crippen molar-refractivity contribution in [3.63, 3.8) is 0 Å². The number of piperazine rings is 1. The molecule has 1 heterocycles. The van der Waals surface area contributed by atoms with Gasteiger partial charge in [0.25, 0.3) is 0 Å². The van der Waals surface area contributed by atoms with E-state index in [1.165, 1.54) is 11.9 Å². The molecule has 2 N–H and O–H groups in total. The number of nitrogens with one attached hydrogen (secondary N) is 2. The first kappa shape index (κ1) is 16.3. The maximum absolute atomic E-state index is 12.2. The molecule has 1 saturated heterocycles. The molecule has 0 aromatic carbocycles. The van der Waals surface area contributed by atoms with Crippen molar-refractivity contribution in [2.24, 2.45) is 5.92 Å². The fraction of sp³-hybridized carbons (Fsp3) is 0.769. The minimum atomic E-state index is -0.471. The lowest BCUT2D eigenvalue weighted by Crippen LogP contribution is -2.59. The molecule has 0 bridgehead atoms. The van der Waals surface area contributed by atoms with Crippen molar-refractivity contribution < 1.29 is 14.4 Å².